The van der Waals surface area contributed by atoms with Crippen molar-refractivity contribution in [1.29, 1.82) is 0 Å². The van der Waals surface area contributed by atoms with Crippen LogP contribution in [0.4, 0.5) is 0 Å². The summed E-state index contributed by atoms with van der Waals surface area (Å²) in [6.07, 6.45) is 0.201. The molecule has 1 aromatic rings. The second-order valence-electron chi connectivity index (χ2n) is 4.06. The Labute approximate surface area is 106 Å². The minimum atomic E-state index is 0.201. The maximum atomic E-state index is 6.03. The van der Waals surface area contributed by atoms with E-state index in [0.29, 0.717) is 16.0 Å². The second kappa shape index (κ2) is 5.37. The SMILES string of the molecule is C[C@H]1OCCNC[C@H]1c1ccc(Cl)c(Cl)c1. The fourth-order valence-electron chi connectivity index (χ4n) is 1.99. The fraction of sp³-hybridized carbons (Fsp3) is 0.500. The summed E-state index contributed by atoms with van der Waals surface area (Å²) >= 11 is 11.9. The van der Waals surface area contributed by atoms with Gasteiger partial charge in [0.25, 0.3) is 0 Å². The van der Waals surface area contributed by atoms with Crippen molar-refractivity contribution in [2.45, 2.75) is 18.9 Å². The molecule has 2 nitrogen and oxygen atoms in total. The van der Waals surface area contributed by atoms with Gasteiger partial charge in [0.1, 0.15) is 0 Å². The van der Waals surface area contributed by atoms with Crippen molar-refractivity contribution >= 4 is 23.2 Å². The Hall–Kier alpha value is -0.280. The second-order valence-corrected chi connectivity index (χ2v) is 4.87. The van der Waals surface area contributed by atoms with Crippen molar-refractivity contribution in [1.82, 2.24) is 5.32 Å². The van der Waals surface area contributed by atoms with Gasteiger partial charge in [-0.3, -0.25) is 0 Å². The van der Waals surface area contributed by atoms with Crippen molar-refractivity contribution in [3.63, 3.8) is 0 Å². The normalized spacial score (nSPS) is 26.4. The van der Waals surface area contributed by atoms with Gasteiger partial charge < -0.3 is 10.1 Å². The Morgan fingerprint density at radius 3 is 2.88 bits per heavy atom. The molecule has 2 rings (SSSR count). The first kappa shape index (κ1) is 12.2. The molecule has 0 radical (unpaired) electrons. The van der Waals surface area contributed by atoms with Gasteiger partial charge in [0.05, 0.1) is 22.8 Å². The first-order valence-electron chi connectivity index (χ1n) is 5.46. The lowest BCUT2D eigenvalue weighted by atomic mass is 9.94. The number of nitrogens with one attached hydrogen (secondary N) is 1. The van der Waals surface area contributed by atoms with E-state index in [1.807, 2.05) is 18.2 Å². The van der Waals surface area contributed by atoms with Gasteiger partial charge in [-0.1, -0.05) is 29.3 Å². The molecule has 1 aromatic carbocycles. The molecular formula is C12H15Cl2NO. The van der Waals surface area contributed by atoms with Gasteiger partial charge in [-0.2, -0.15) is 0 Å². The van der Waals surface area contributed by atoms with Gasteiger partial charge in [0.2, 0.25) is 0 Å². The first-order valence-corrected chi connectivity index (χ1v) is 6.21. The van der Waals surface area contributed by atoms with Crippen LogP contribution in [0.15, 0.2) is 18.2 Å². The predicted octanol–water partition coefficient (Wildman–Crippen LogP) is 3.09. The molecular weight excluding hydrogens is 245 g/mol. The summed E-state index contributed by atoms with van der Waals surface area (Å²) in [5.41, 5.74) is 1.18. The zero-order valence-corrected chi connectivity index (χ0v) is 10.7. The minimum Gasteiger partial charge on any atom is -0.377 e. The molecule has 88 valence electrons. The maximum Gasteiger partial charge on any atom is 0.0628 e. The van der Waals surface area contributed by atoms with Gasteiger partial charge >= 0.3 is 0 Å². The highest BCUT2D eigenvalue weighted by molar-refractivity contribution is 6.42. The molecule has 1 aliphatic heterocycles. The van der Waals surface area contributed by atoms with Crippen LogP contribution in [0, 0.1) is 0 Å². The Balaban J connectivity index is 2.23. The molecule has 0 bridgehead atoms. The first-order chi connectivity index (χ1) is 7.68. The molecule has 0 amide bonds. The van der Waals surface area contributed by atoms with Crippen LogP contribution in [0.1, 0.15) is 18.4 Å². The average Bonchev–Trinajstić information content (AvgIpc) is 2.47. The molecule has 0 unspecified atom stereocenters. The lowest BCUT2D eigenvalue weighted by Gasteiger charge is -2.21. The van der Waals surface area contributed by atoms with Gasteiger partial charge in [0, 0.05) is 19.0 Å². The molecule has 1 fully saturated rings. The van der Waals surface area contributed by atoms with E-state index in [9.17, 15) is 0 Å². The molecule has 4 heteroatoms. The van der Waals surface area contributed by atoms with Crippen molar-refractivity contribution in [3.8, 4) is 0 Å². The number of benzene rings is 1. The predicted molar refractivity (Wildman–Crippen MR) is 67.5 cm³/mol. The van der Waals surface area contributed by atoms with E-state index in [-0.39, 0.29) is 6.10 Å². The van der Waals surface area contributed by atoms with E-state index in [0.717, 1.165) is 19.7 Å². The van der Waals surface area contributed by atoms with E-state index in [1.165, 1.54) is 5.56 Å². The molecule has 1 N–H and O–H groups in total. The van der Waals surface area contributed by atoms with Crippen molar-refractivity contribution < 1.29 is 4.74 Å². The summed E-state index contributed by atoms with van der Waals surface area (Å²) in [4.78, 5) is 0. The Kier molecular flexibility index (Phi) is 4.09. The third-order valence-corrected chi connectivity index (χ3v) is 3.70. The van der Waals surface area contributed by atoms with Crippen LogP contribution in [0.5, 0.6) is 0 Å². The number of halogens is 2. The van der Waals surface area contributed by atoms with Crippen LogP contribution in [0.2, 0.25) is 10.0 Å². The van der Waals surface area contributed by atoms with Gasteiger partial charge in [-0.15, -0.1) is 0 Å². The van der Waals surface area contributed by atoms with Crippen LogP contribution in [-0.2, 0) is 4.74 Å². The van der Waals surface area contributed by atoms with E-state index >= 15 is 0 Å². The Bertz CT molecular complexity index is 370. The third kappa shape index (κ3) is 2.69. The fourth-order valence-corrected chi connectivity index (χ4v) is 2.30. The lowest BCUT2D eigenvalue weighted by molar-refractivity contribution is 0.0659. The summed E-state index contributed by atoms with van der Waals surface area (Å²) in [5, 5.41) is 4.56. The lowest BCUT2D eigenvalue weighted by Crippen LogP contribution is -2.24. The van der Waals surface area contributed by atoms with Crippen LogP contribution >= 0.6 is 23.2 Å². The summed E-state index contributed by atoms with van der Waals surface area (Å²) in [7, 11) is 0. The molecule has 16 heavy (non-hydrogen) atoms. The van der Waals surface area contributed by atoms with E-state index in [4.69, 9.17) is 27.9 Å². The monoisotopic (exact) mass is 259 g/mol. The van der Waals surface area contributed by atoms with Crippen LogP contribution < -0.4 is 5.32 Å². The number of hydrogen-bond donors (Lipinski definition) is 1. The van der Waals surface area contributed by atoms with Crippen molar-refractivity contribution in [2.75, 3.05) is 19.7 Å². The number of ether oxygens (including phenoxy) is 1. The van der Waals surface area contributed by atoms with E-state index < -0.39 is 0 Å². The molecule has 1 saturated heterocycles. The molecule has 0 saturated carbocycles. The van der Waals surface area contributed by atoms with Crippen LogP contribution in [-0.4, -0.2) is 25.8 Å². The Morgan fingerprint density at radius 1 is 1.31 bits per heavy atom. The van der Waals surface area contributed by atoms with Crippen molar-refractivity contribution in [3.05, 3.63) is 33.8 Å². The number of hydrogen-bond acceptors (Lipinski definition) is 2. The maximum absolute atomic E-state index is 6.03. The van der Waals surface area contributed by atoms with Gasteiger partial charge in [-0.25, -0.2) is 0 Å². The average molecular weight is 260 g/mol. The number of rotatable bonds is 1. The summed E-state index contributed by atoms with van der Waals surface area (Å²) in [5.74, 6) is 0.331. The smallest absolute Gasteiger partial charge is 0.0628 e. The van der Waals surface area contributed by atoms with Crippen molar-refractivity contribution in [2.24, 2.45) is 0 Å². The minimum absolute atomic E-state index is 0.201. The van der Waals surface area contributed by atoms with Gasteiger partial charge in [0.15, 0.2) is 0 Å². The van der Waals surface area contributed by atoms with Gasteiger partial charge in [-0.05, 0) is 24.6 Å². The molecule has 0 spiro atoms. The molecule has 1 aliphatic rings. The quantitative estimate of drug-likeness (QED) is 0.837. The van der Waals surface area contributed by atoms with E-state index in [2.05, 4.69) is 12.2 Å². The Morgan fingerprint density at radius 2 is 2.12 bits per heavy atom. The third-order valence-electron chi connectivity index (χ3n) is 2.96. The summed E-state index contributed by atoms with van der Waals surface area (Å²) in [6, 6.07) is 5.80. The highest BCUT2D eigenvalue weighted by Crippen LogP contribution is 2.29. The van der Waals surface area contributed by atoms with E-state index in [1.54, 1.807) is 0 Å². The topological polar surface area (TPSA) is 21.3 Å². The summed E-state index contributed by atoms with van der Waals surface area (Å²) in [6.45, 7) is 4.68. The molecule has 0 aliphatic carbocycles. The largest absolute Gasteiger partial charge is 0.377 e. The zero-order valence-electron chi connectivity index (χ0n) is 9.17. The molecule has 0 aromatic heterocycles. The zero-order chi connectivity index (χ0) is 11.5. The van der Waals surface area contributed by atoms with Crippen LogP contribution in [0.3, 0.4) is 0 Å². The summed E-state index contributed by atoms with van der Waals surface area (Å²) < 4.78 is 5.70. The molecule has 1 heterocycles. The highest BCUT2D eigenvalue weighted by Gasteiger charge is 2.22. The highest BCUT2D eigenvalue weighted by atomic mass is 35.5. The molecule has 2 atom stereocenters. The van der Waals surface area contributed by atoms with Crippen LogP contribution in [0.25, 0.3) is 0 Å². The standard InChI is InChI=1S/C12H15Cl2NO/c1-8-10(7-15-4-5-16-8)9-2-3-11(13)12(14)6-9/h2-3,6,8,10,15H,4-5,7H2,1H3/t8-,10-/m1/s1.